The molecule has 11 nitrogen and oxygen atoms in total. The van der Waals surface area contributed by atoms with Crippen molar-refractivity contribution in [3.8, 4) is 50.8 Å². The number of allylic oxidation sites excluding steroid dienone is 1. The first-order valence-electron chi connectivity index (χ1n) is 19.4. The predicted molar refractivity (Wildman–Crippen MR) is 226 cm³/mol. The third-order valence-electron chi connectivity index (χ3n) is 10.0. The van der Waals surface area contributed by atoms with Gasteiger partial charge in [-0.25, -0.2) is 4.98 Å². The van der Waals surface area contributed by atoms with Crippen LogP contribution in [0.1, 0.15) is 48.5 Å². The zero-order valence-corrected chi connectivity index (χ0v) is 34.6. The largest absolute Gasteiger partial charge is 0.493 e. The zero-order valence-electron chi connectivity index (χ0n) is 33.7. The minimum absolute atomic E-state index is 0.0433. The maximum absolute atomic E-state index is 13.1. The number of fused-ring (bicyclic) bond motifs is 1. The molecule has 1 unspecified atom stereocenters. The summed E-state index contributed by atoms with van der Waals surface area (Å²) in [5.74, 6) is 3.83. The van der Waals surface area contributed by atoms with E-state index in [1.54, 1.807) is 43.8 Å². The third-order valence-corrected chi connectivity index (χ3v) is 11.1. The van der Waals surface area contributed by atoms with Crippen molar-refractivity contribution < 1.29 is 38.0 Å². The number of para-hydroxylation sites is 1. The van der Waals surface area contributed by atoms with Crippen LogP contribution in [0.5, 0.6) is 40.2 Å². The van der Waals surface area contributed by atoms with Gasteiger partial charge in [0.2, 0.25) is 5.75 Å². The van der Waals surface area contributed by atoms with Crippen LogP contribution in [0.25, 0.3) is 26.9 Å². The highest BCUT2D eigenvalue weighted by atomic mass is 32.1. The summed E-state index contributed by atoms with van der Waals surface area (Å²) >= 11 is 1.69. The monoisotopic (exact) mass is 795 g/mol. The number of nitrogens with zero attached hydrogens (tertiary/aromatic N) is 3. The van der Waals surface area contributed by atoms with Crippen molar-refractivity contribution in [3.05, 3.63) is 90.0 Å². The highest BCUT2D eigenvalue weighted by Crippen LogP contribution is 2.39. The maximum atomic E-state index is 13.1. The number of ketones is 1. The number of unbranched alkanes of at least 4 members (excludes halogenated alkanes) is 1. The number of carbonyl (C=O) groups excluding carboxylic acids is 1. The SMILES string of the molecule is CCCC(Oc1cc(-c2nc3ccccc3s2)ccc1OC)N1CCN(CCCCOc2cc(/C=C/C(=O)c3cc(OC)c(OC)c(OC)c3)ccc2OC)CC1. The number of hydrogen-bond donors (Lipinski definition) is 0. The fourth-order valence-corrected chi connectivity index (χ4v) is 7.86. The van der Waals surface area contributed by atoms with E-state index < -0.39 is 0 Å². The Balaban J connectivity index is 0.982. The first-order valence-corrected chi connectivity index (χ1v) is 20.2. The molecule has 1 saturated heterocycles. The van der Waals surface area contributed by atoms with Crippen LogP contribution in [-0.2, 0) is 0 Å². The van der Waals surface area contributed by atoms with Gasteiger partial charge in [-0.05, 0) is 92.0 Å². The minimum Gasteiger partial charge on any atom is -0.493 e. The minimum atomic E-state index is -0.201. The molecule has 1 aromatic heterocycles. The van der Waals surface area contributed by atoms with E-state index in [0.29, 0.717) is 40.9 Å². The number of ether oxygens (including phenoxy) is 7. The van der Waals surface area contributed by atoms with Crippen molar-refractivity contribution in [1.82, 2.24) is 14.8 Å². The van der Waals surface area contributed by atoms with Gasteiger partial charge in [0.25, 0.3) is 0 Å². The van der Waals surface area contributed by atoms with Crippen molar-refractivity contribution in [2.75, 3.05) is 74.9 Å². The van der Waals surface area contributed by atoms with Crippen LogP contribution in [0.2, 0.25) is 0 Å². The molecule has 2 heterocycles. The quantitative estimate of drug-likeness (QED) is 0.0429. The molecule has 1 aliphatic heterocycles. The fraction of sp³-hybridized carbons (Fsp3) is 0.378. The molecule has 12 heteroatoms. The molecule has 0 bridgehead atoms. The molecule has 0 spiro atoms. The summed E-state index contributed by atoms with van der Waals surface area (Å²) in [6.07, 6.45) is 7.08. The fourth-order valence-electron chi connectivity index (χ4n) is 6.90. The number of rotatable bonds is 20. The Morgan fingerprint density at radius 2 is 1.47 bits per heavy atom. The van der Waals surface area contributed by atoms with Gasteiger partial charge in [-0.2, -0.15) is 0 Å². The number of methoxy groups -OCH3 is 5. The molecule has 0 amide bonds. The van der Waals surface area contributed by atoms with Crippen molar-refractivity contribution in [1.29, 1.82) is 0 Å². The molecular formula is C45H53N3O8S. The van der Waals surface area contributed by atoms with Crippen LogP contribution < -0.4 is 33.2 Å². The number of benzene rings is 4. The number of carbonyl (C=O) groups is 1. The van der Waals surface area contributed by atoms with E-state index in [-0.39, 0.29) is 12.0 Å². The van der Waals surface area contributed by atoms with E-state index in [1.807, 2.05) is 42.5 Å². The topological polar surface area (TPSA) is 101 Å². The van der Waals surface area contributed by atoms with E-state index >= 15 is 0 Å². The van der Waals surface area contributed by atoms with Gasteiger partial charge in [-0.15, -0.1) is 11.3 Å². The molecule has 1 aliphatic rings. The predicted octanol–water partition coefficient (Wildman–Crippen LogP) is 8.88. The molecule has 302 valence electrons. The van der Waals surface area contributed by atoms with Crippen LogP contribution in [-0.4, -0.2) is 102 Å². The standard InChI is InChI=1S/C45H53N3O8S/c1-7-12-43(56-39-28-32(17-20-37(39)51-3)45-46-34-13-8-9-14-42(34)57-45)48-24-22-47(23-25-48)21-10-11-26-55-38-27-31(16-19-36(38)50-2)15-18-35(49)33-29-40(52-4)44(54-6)41(30-33)53-5/h8-9,13-20,27-30,43H,7,10-12,21-26H2,1-6H3/b18-15+. The summed E-state index contributed by atoms with van der Waals surface area (Å²) in [4.78, 5) is 22.9. The second-order valence-electron chi connectivity index (χ2n) is 13.7. The zero-order chi connectivity index (χ0) is 40.1. The molecule has 6 rings (SSSR count). The summed E-state index contributed by atoms with van der Waals surface area (Å²) in [7, 11) is 7.88. The first kappa shape index (κ1) is 41.3. The highest BCUT2D eigenvalue weighted by Gasteiger charge is 2.26. The van der Waals surface area contributed by atoms with Gasteiger partial charge in [-0.3, -0.25) is 9.69 Å². The summed E-state index contributed by atoms with van der Waals surface area (Å²) in [6.45, 7) is 7.57. The molecule has 1 atom stereocenters. The lowest BCUT2D eigenvalue weighted by Crippen LogP contribution is -2.52. The lowest BCUT2D eigenvalue weighted by molar-refractivity contribution is -0.0145. The molecular weight excluding hydrogens is 743 g/mol. The van der Waals surface area contributed by atoms with Crippen LogP contribution in [0.15, 0.2) is 78.9 Å². The van der Waals surface area contributed by atoms with E-state index in [0.717, 1.165) is 91.6 Å². The van der Waals surface area contributed by atoms with Gasteiger partial charge >= 0.3 is 0 Å². The number of hydrogen-bond acceptors (Lipinski definition) is 12. The van der Waals surface area contributed by atoms with Crippen LogP contribution in [0.3, 0.4) is 0 Å². The van der Waals surface area contributed by atoms with E-state index in [2.05, 4.69) is 34.9 Å². The van der Waals surface area contributed by atoms with Gasteiger partial charge in [-0.1, -0.05) is 37.6 Å². The summed E-state index contributed by atoms with van der Waals surface area (Å²) in [5.41, 5.74) is 3.27. The smallest absolute Gasteiger partial charge is 0.203 e. The highest BCUT2D eigenvalue weighted by molar-refractivity contribution is 7.21. The average Bonchev–Trinajstić information content (AvgIpc) is 3.69. The third kappa shape index (κ3) is 10.4. The number of aromatic nitrogens is 1. The van der Waals surface area contributed by atoms with E-state index in [9.17, 15) is 4.79 Å². The van der Waals surface area contributed by atoms with Gasteiger partial charge in [0.05, 0.1) is 52.4 Å². The van der Waals surface area contributed by atoms with Crippen molar-refractivity contribution in [3.63, 3.8) is 0 Å². The molecule has 0 aliphatic carbocycles. The molecule has 0 saturated carbocycles. The van der Waals surface area contributed by atoms with Gasteiger partial charge in [0, 0.05) is 37.3 Å². The van der Waals surface area contributed by atoms with Crippen LogP contribution in [0.4, 0.5) is 0 Å². The van der Waals surface area contributed by atoms with Crippen molar-refractivity contribution in [2.24, 2.45) is 0 Å². The molecule has 0 N–H and O–H groups in total. The summed E-state index contributed by atoms with van der Waals surface area (Å²) < 4.78 is 41.6. The Bertz CT molecular complexity index is 2070. The second kappa shape index (κ2) is 20.2. The summed E-state index contributed by atoms with van der Waals surface area (Å²) in [5, 5.41) is 0.970. The van der Waals surface area contributed by atoms with Gasteiger partial charge < -0.3 is 38.1 Å². The molecule has 0 radical (unpaired) electrons. The second-order valence-corrected chi connectivity index (χ2v) is 14.7. The van der Waals surface area contributed by atoms with E-state index in [1.165, 1.54) is 32.1 Å². The van der Waals surface area contributed by atoms with Crippen molar-refractivity contribution >= 4 is 33.4 Å². The Hall–Kier alpha value is -5.30. The van der Waals surface area contributed by atoms with E-state index in [4.69, 9.17) is 38.1 Å². The van der Waals surface area contributed by atoms with Crippen LogP contribution >= 0.6 is 11.3 Å². The van der Waals surface area contributed by atoms with Gasteiger partial charge in [0.15, 0.2) is 46.5 Å². The summed E-state index contributed by atoms with van der Waals surface area (Å²) in [6, 6.07) is 23.2. The van der Waals surface area contributed by atoms with Crippen LogP contribution in [0, 0.1) is 0 Å². The normalized spacial score (nSPS) is 14.1. The lowest BCUT2D eigenvalue weighted by atomic mass is 10.1. The first-order chi connectivity index (χ1) is 27.9. The molecule has 57 heavy (non-hydrogen) atoms. The Morgan fingerprint density at radius 3 is 2.16 bits per heavy atom. The Morgan fingerprint density at radius 1 is 0.772 bits per heavy atom. The molecule has 5 aromatic rings. The molecule has 4 aromatic carbocycles. The number of piperazine rings is 1. The average molecular weight is 796 g/mol. The van der Waals surface area contributed by atoms with Gasteiger partial charge in [0.1, 0.15) is 5.01 Å². The van der Waals surface area contributed by atoms with Crippen molar-refractivity contribution in [2.45, 2.75) is 38.8 Å². The Kier molecular flexibility index (Phi) is 14.7. The molecule has 1 fully saturated rings. The lowest BCUT2D eigenvalue weighted by Gasteiger charge is -2.39. The Labute approximate surface area is 339 Å². The number of thiazole rings is 1. The maximum Gasteiger partial charge on any atom is 0.203 e.